The fourth-order valence-electron chi connectivity index (χ4n) is 2.68. The molecule has 1 aromatic rings. The van der Waals surface area contributed by atoms with Gasteiger partial charge in [0.15, 0.2) is 0 Å². The molecule has 0 bridgehead atoms. The Morgan fingerprint density at radius 3 is 2.94 bits per heavy atom. The zero-order valence-electron chi connectivity index (χ0n) is 11.1. The maximum Gasteiger partial charge on any atom is 0.122 e. The summed E-state index contributed by atoms with van der Waals surface area (Å²) in [6.07, 6.45) is 2.41. The van der Waals surface area contributed by atoms with Gasteiger partial charge in [-0.25, -0.2) is 0 Å². The molecule has 2 nitrogen and oxygen atoms in total. The van der Waals surface area contributed by atoms with Gasteiger partial charge in [-0.15, -0.1) is 0 Å². The van der Waals surface area contributed by atoms with Crippen LogP contribution in [0.1, 0.15) is 24.5 Å². The Kier molecular flexibility index (Phi) is 4.06. The first-order valence-electron chi connectivity index (χ1n) is 6.55. The number of rotatable bonds is 3. The first kappa shape index (κ1) is 12.4. The Hall–Kier alpha value is -1.02. The zero-order chi connectivity index (χ0) is 12.3. The minimum Gasteiger partial charge on any atom is -0.496 e. The summed E-state index contributed by atoms with van der Waals surface area (Å²) in [6, 6.07) is 6.47. The Bertz CT molecular complexity index is 375. The molecular formula is C15H23NO. The Labute approximate surface area is 104 Å². The van der Waals surface area contributed by atoms with Gasteiger partial charge < -0.3 is 10.1 Å². The summed E-state index contributed by atoms with van der Waals surface area (Å²) >= 11 is 0. The third-order valence-electron chi connectivity index (χ3n) is 3.91. The lowest BCUT2D eigenvalue weighted by molar-refractivity contribution is 0.270. The van der Waals surface area contributed by atoms with Crippen molar-refractivity contribution in [3.63, 3.8) is 0 Å². The largest absolute Gasteiger partial charge is 0.496 e. The number of piperidine rings is 1. The number of benzene rings is 1. The average molecular weight is 233 g/mol. The van der Waals surface area contributed by atoms with Gasteiger partial charge in [-0.1, -0.05) is 24.6 Å². The molecule has 0 spiro atoms. The lowest BCUT2D eigenvalue weighted by Crippen LogP contribution is -2.36. The number of nitrogens with one attached hydrogen (secondary N) is 1. The first-order chi connectivity index (χ1) is 8.20. The standard InChI is InChI=1S/C15H23NO/c1-11-4-5-15(17-3)13(8-11)9-14-10-16-7-6-12(14)2/h4-5,8,12,14,16H,6-7,9-10H2,1-3H3. The average Bonchev–Trinajstić information content (AvgIpc) is 2.32. The lowest BCUT2D eigenvalue weighted by atomic mass is 9.83. The monoisotopic (exact) mass is 233 g/mol. The van der Waals surface area contributed by atoms with Gasteiger partial charge in [0, 0.05) is 0 Å². The third-order valence-corrected chi connectivity index (χ3v) is 3.91. The van der Waals surface area contributed by atoms with Crippen molar-refractivity contribution in [2.75, 3.05) is 20.2 Å². The lowest BCUT2D eigenvalue weighted by Gasteiger charge is -2.30. The Balaban J connectivity index is 2.13. The van der Waals surface area contributed by atoms with Gasteiger partial charge in [0.05, 0.1) is 7.11 Å². The fraction of sp³-hybridized carbons (Fsp3) is 0.600. The zero-order valence-corrected chi connectivity index (χ0v) is 11.1. The molecule has 17 heavy (non-hydrogen) atoms. The topological polar surface area (TPSA) is 21.3 Å². The number of ether oxygens (including phenoxy) is 1. The summed E-state index contributed by atoms with van der Waals surface area (Å²) in [5, 5.41) is 3.50. The molecule has 1 aromatic carbocycles. The molecule has 0 radical (unpaired) electrons. The Morgan fingerprint density at radius 2 is 2.24 bits per heavy atom. The molecule has 2 rings (SSSR count). The van der Waals surface area contributed by atoms with Crippen molar-refractivity contribution in [1.82, 2.24) is 5.32 Å². The summed E-state index contributed by atoms with van der Waals surface area (Å²) in [6.45, 7) is 6.82. The van der Waals surface area contributed by atoms with Crippen molar-refractivity contribution >= 4 is 0 Å². The quantitative estimate of drug-likeness (QED) is 0.867. The van der Waals surface area contributed by atoms with E-state index in [0.29, 0.717) is 0 Å². The first-order valence-corrected chi connectivity index (χ1v) is 6.55. The van der Waals surface area contributed by atoms with Gasteiger partial charge in [0.2, 0.25) is 0 Å². The maximum absolute atomic E-state index is 5.46. The molecule has 2 atom stereocenters. The van der Waals surface area contributed by atoms with E-state index in [4.69, 9.17) is 4.74 Å². The van der Waals surface area contributed by atoms with Gasteiger partial charge in [0.1, 0.15) is 5.75 Å². The van der Waals surface area contributed by atoms with E-state index in [2.05, 4.69) is 37.4 Å². The predicted octanol–water partition coefficient (Wildman–Crippen LogP) is 2.79. The highest BCUT2D eigenvalue weighted by Gasteiger charge is 2.22. The van der Waals surface area contributed by atoms with Crippen LogP contribution in [-0.4, -0.2) is 20.2 Å². The van der Waals surface area contributed by atoms with E-state index in [1.807, 2.05) is 0 Å². The van der Waals surface area contributed by atoms with E-state index in [1.54, 1.807) is 7.11 Å². The molecule has 1 N–H and O–H groups in total. The van der Waals surface area contributed by atoms with Gasteiger partial charge in [-0.05, 0) is 56.3 Å². The number of hydrogen-bond acceptors (Lipinski definition) is 2. The Morgan fingerprint density at radius 1 is 1.41 bits per heavy atom. The number of methoxy groups -OCH3 is 1. The smallest absolute Gasteiger partial charge is 0.122 e. The van der Waals surface area contributed by atoms with Crippen molar-refractivity contribution in [2.45, 2.75) is 26.7 Å². The summed E-state index contributed by atoms with van der Waals surface area (Å²) in [5.41, 5.74) is 2.67. The summed E-state index contributed by atoms with van der Waals surface area (Å²) in [4.78, 5) is 0. The van der Waals surface area contributed by atoms with Gasteiger partial charge >= 0.3 is 0 Å². The molecule has 1 heterocycles. The van der Waals surface area contributed by atoms with Crippen LogP contribution in [0.15, 0.2) is 18.2 Å². The highest BCUT2D eigenvalue weighted by atomic mass is 16.5. The molecule has 0 amide bonds. The molecule has 2 heteroatoms. The van der Waals surface area contributed by atoms with Crippen molar-refractivity contribution in [3.8, 4) is 5.75 Å². The molecule has 1 saturated heterocycles. The molecule has 94 valence electrons. The van der Waals surface area contributed by atoms with Crippen LogP contribution < -0.4 is 10.1 Å². The van der Waals surface area contributed by atoms with Crippen LogP contribution in [0, 0.1) is 18.8 Å². The number of aryl methyl sites for hydroxylation is 1. The van der Waals surface area contributed by atoms with E-state index in [1.165, 1.54) is 24.1 Å². The van der Waals surface area contributed by atoms with Crippen LogP contribution in [0.4, 0.5) is 0 Å². The summed E-state index contributed by atoms with van der Waals surface area (Å²) in [7, 11) is 1.76. The molecule has 0 aliphatic carbocycles. The van der Waals surface area contributed by atoms with E-state index >= 15 is 0 Å². The summed E-state index contributed by atoms with van der Waals surface area (Å²) in [5.74, 6) is 2.58. The van der Waals surface area contributed by atoms with Gasteiger partial charge in [0.25, 0.3) is 0 Å². The minimum absolute atomic E-state index is 0.736. The number of hydrogen-bond donors (Lipinski definition) is 1. The van der Waals surface area contributed by atoms with Crippen LogP contribution in [-0.2, 0) is 6.42 Å². The molecule has 1 aliphatic rings. The van der Waals surface area contributed by atoms with E-state index in [0.717, 1.165) is 30.6 Å². The SMILES string of the molecule is COc1ccc(C)cc1CC1CNCCC1C. The van der Waals surface area contributed by atoms with Crippen LogP contribution >= 0.6 is 0 Å². The fourth-order valence-corrected chi connectivity index (χ4v) is 2.68. The molecule has 2 unspecified atom stereocenters. The van der Waals surface area contributed by atoms with Crippen LogP contribution in [0.2, 0.25) is 0 Å². The van der Waals surface area contributed by atoms with Crippen LogP contribution in [0.5, 0.6) is 5.75 Å². The second-order valence-electron chi connectivity index (χ2n) is 5.25. The normalized spacial score (nSPS) is 24.6. The van der Waals surface area contributed by atoms with E-state index < -0.39 is 0 Å². The predicted molar refractivity (Wildman–Crippen MR) is 71.6 cm³/mol. The van der Waals surface area contributed by atoms with Crippen molar-refractivity contribution in [2.24, 2.45) is 11.8 Å². The summed E-state index contributed by atoms with van der Waals surface area (Å²) < 4.78 is 5.46. The highest BCUT2D eigenvalue weighted by molar-refractivity contribution is 5.37. The molecule has 1 fully saturated rings. The maximum atomic E-state index is 5.46. The second kappa shape index (κ2) is 5.54. The highest BCUT2D eigenvalue weighted by Crippen LogP contribution is 2.28. The van der Waals surface area contributed by atoms with Gasteiger partial charge in [-0.2, -0.15) is 0 Å². The van der Waals surface area contributed by atoms with Crippen molar-refractivity contribution < 1.29 is 4.74 Å². The van der Waals surface area contributed by atoms with Crippen LogP contribution in [0.25, 0.3) is 0 Å². The van der Waals surface area contributed by atoms with E-state index in [-0.39, 0.29) is 0 Å². The van der Waals surface area contributed by atoms with Crippen LogP contribution in [0.3, 0.4) is 0 Å². The molecular weight excluding hydrogens is 210 g/mol. The molecule has 0 saturated carbocycles. The molecule has 0 aromatic heterocycles. The van der Waals surface area contributed by atoms with E-state index in [9.17, 15) is 0 Å². The second-order valence-corrected chi connectivity index (χ2v) is 5.25. The minimum atomic E-state index is 0.736. The third kappa shape index (κ3) is 3.01. The van der Waals surface area contributed by atoms with Crippen molar-refractivity contribution in [3.05, 3.63) is 29.3 Å². The van der Waals surface area contributed by atoms with Crippen molar-refractivity contribution in [1.29, 1.82) is 0 Å². The van der Waals surface area contributed by atoms with Gasteiger partial charge in [-0.3, -0.25) is 0 Å². The molecule has 1 aliphatic heterocycles.